The van der Waals surface area contributed by atoms with E-state index in [2.05, 4.69) is 10.1 Å². The Balaban J connectivity index is 1.36. The van der Waals surface area contributed by atoms with Crippen LogP contribution >= 0.6 is 0 Å². The van der Waals surface area contributed by atoms with Crippen molar-refractivity contribution in [1.29, 1.82) is 5.26 Å². The summed E-state index contributed by atoms with van der Waals surface area (Å²) in [6.45, 7) is 1.32. The number of carbonyl (C=O) groups excluding carboxylic acids is 1. The van der Waals surface area contributed by atoms with Crippen molar-refractivity contribution in [2.75, 3.05) is 0 Å². The molecule has 1 aliphatic carbocycles. The minimum atomic E-state index is -4.59. The number of pyridine rings is 1. The normalized spacial score (nSPS) is 16.1. The lowest BCUT2D eigenvalue weighted by Crippen LogP contribution is -2.32. The molecule has 7 nitrogen and oxygen atoms in total. The zero-order valence-corrected chi connectivity index (χ0v) is 18.2. The van der Waals surface area contributed by atoms with Crippen LogP contribution < -0.4 is 4.74 Å². The fraction of sp³-hybridized carbons (Fsp3) is 0.333. The molecule has 2 aliphatic rings. The Kier molecular flexibility index (Phi) is 5.27. The molecule has 0 saturated heterocycles. The molecular weight excluding hydrogens is 447 g/mol. The third-order valence-electron chi connectivity index (χ3n) is 5.99. The monoisotopic (exact) mass is 467 g/mol. The molecule has 5 rings (SSSR count). The van der Waals surface area contributed by atoms with Crippen LogP contribution in [0.3, 0.4) is 0 Å². The number of nitrogens with zero attached hydrogens (tertiary/aromatic N) is 5. The Bertz CT molecular complexity index is 1280. The number of halogens is 3. The lowest BCUT2D eigenvalue weighted by atomic mass is 10.1. The maximum absolute atomic E-state index is 13.2. The predicted molar refractivity (Wildman–Crippen MR) is 114 cm³/mol. The second kappa shape index (κ2) is 8.17. The first-order valence-corrected chi connectivity index (χ1v) is 10.8. The maximum Gasteiger partial charge on any atom is 0.425 e. The van der Waals surface area contributed by atoms with E-state index in [1.165, 1.54) is 23.1 Å². The molecule has 34 heavy (non-hydrogen) atoms. The first-order chi connectivity index (χ1) is 16.2. The van der Waals surface area contributed by atoms with Crippen LogP contribution in [0.25, 0.3) is 5.69 Å². The fourth-order valence-corrected chi connectivity index (χ4v) is 3.91. The molecule has 3 heterocycles. The summed E-state index contributed by atoms with van der Waals surface area (Å²) >= 11 is 0. The highest BCUT2D eigenvalue weighted by Crippen LogP contribution is 2.39. The lowest BCUT2D eigenvalue weighted by molar-refractivity contribution is -0.189. The van der Waals surface area contributed by atoms with E-state index in [4.69, 9.17) is 4.74 Å². The number of alkyl halides is 3. The number of fused-ring (bicyclic) bond motifs is 1. The summed E-state index contributed by atoms with van der Waals surface area (Å²) in [5.74, 6) is -0.227. The highest BCUT2D eigenvalue weighted by molar-refractivity contribution is 5.97. The number of hydrogen-bond donors (Lipinski definition) is 0. The van der Waals surface area contributed by atoms with Crippen molar-refractivity contribution in [2.24, 2.45) is 0 Å². The van der Waals surface area contributed by atoms with Crippen molar-refractivity contribution in [3.8, 4) is 17.5 Å². The number of rotatable bonds is 5. The Morgan fingerprint density at radius 3 is 2.71 bits per heavy atom. The zero-order chi connectivity index (χ0) is 24.0. The van der Waals surface area contributed by atoms with Crippen LogP contribution in [0.2, 0.25) is 0 Å². The molecular formula is C24H20F3N5O2. The van der Waals surface area contributed by atoms with Gasteiger partial charge in [0.25, 0.3) is 5.91 Å². The van der Waals surface area contributed by atoms with Crippen LogP contribution in [0.15, 0.2) is 42.7 Å². The quantitative estimate of drug-likeness (QED) is 0.552. The standard InChI is InChI=1S/C24H20F3N5O2/c1-14(24(25,26)27)34-22-5-2-15(10-28)8-19(22)23(33)31-11-17-12-32(30-21(17)13-31)18-6-7-29-20(9-18)16-3-4-16/h2,5-9,12,14,16H,3-4,11,13H2,1H3/t14-/m0/s1. The summed E-state index contributed by atoms with van der Waals surface area (Å²) in [6.07, 6.45) is -0.797. The molecule has 1 saturated carbocycles. The first-order valence-electron chi connectivity index (χ1n) is 10.8. The second-order valence-corrected chi connectivity index (χ2v) is 8.54. The Morgan fingerprint density at radius 2 is 2.03 bits per heavy atom. The number of ether oxygens (including phenoxy) is 1. The summed E-state index contributed by atoms with van der Waals surface area (Å²) < 4.78 is 45.9. The zero-order valence-electron chi connectivity index (χ0n) is 18.2. The molecule has 0 radical (unpaired) electrons. The minimum absolute atomic E-state index is 0.0867. The van der Waals surface area contributed by atoms with E-state index in [0.717, 1.165) is 36.7 Å². The molecule has 1 aromatic carbocycles. The van der Waals surface area contributed by atoms with Gasteiger partial charge < -0.3 is 9.64 Å². The number of amides is 1. The predicted octanol–water partition coefficient (Wildman–Crippen LogP) is 4.50. The highest BCUT2D eigenvalue weighted by Gasteiger charge is 2.39. The third-order valence-corrected chi connectivity index (χ3v) is 5.99. The van der Waals surface area contributed by atoms with Crippen LogP contribution in [0.5, 0.6) is 5.75 Å². The smallest absolute Gasteiger partial charge is 0.425 e. The van der Waals surface area contributed by atoms with E-state index in [1.54, 1.807) is 10.9 Å². The van der Waals surface area contributed by atoms with Gasteiger partial charge in [-0.25, -0.2) is 4.68 Å². The summed E-state index contributed by atoms with van der Waals surface area (Å²) in [4.78, 5) is 19.1. The molecule has 1 amide bonds. The average Bonchev–Trinajstić information content (AvgIpc) is 3.48. The molecule has 1 aliphatic heterocycles. The van der Waals surface area contributed by atoms with E-state index in [0.29, 0.717) is 11.6 Å². The molecule has 0 spiro atoms. The third kappa shape index (κ3) is 4.21. The van der Waals surface area contributed by atoms with Gasteiger partial charge in [0.1, 0.15) is 5.75 Å². The van der Waals surface area contributed by atoms with Gasteiger partial charge in [-0.3, -0.25) is 9.78 Å². The van der Waals surface area contributed by atoms with Crippen molar-refractivity contribution in [3.63, 3.8) is 0 Å². The van der Waals surface area contributed by atoms with Crippen molar-refractivity contribution in [2.45, 2.75) is 51.1 Å². The minimum Gasteiger partial charge on any atom is -0.480 e. The molecule has 2 aromatic heterocycles. The van der Waals surface area contributed by atoms with E-state index in [9.17, 15) is 23.2 Å². The van der Waals surface area contributed by atoms with Crippen LogP contribution in [-0.2, 0) is 13.1 Å². The van der Waals surface area contributed by atoms with Gasteiger partial charge in [0.2, 0.25) is 0 Å². The van der Waals surface area contributed by atoms with Crippen LogP contribution in [0, 0.1) is 11.3 Å². The number of hydrogen-bond acceptors (Lipinski definition) is 5. The second-order valence-electron chi connectivity index (χ2n) is 8.54. The summed E-state index contributed by atoms with van der Waals surface area (Å²) in [5, 5.41) is 13.8. The van der Waals surface area contributed by atoms with Gasteiger partial charge in [0.05, 0.1) is 35.1 Å². The summed E-state index contributed by atoms with van der Waals surface area (Å²) in [5.41, 5.74) is 3.56. The van der Waals surface area contributed by atoms with Crippen molar-refractivity contribution >= 4 is 5.91 Å². The largest absolute Gasteiger partial charge is 0.480 e. The molecule has 174 valence electrons. The van der Waals surface area contributed by atoms with Crippen LogP contribution in [0.1, 0.15) is 58.6 Å². The van der Waals surface area contributed by atoms with E-state index < -0.39 is 18.2 Å². The molecule has 1 atom stereocenters. The molecule has 1 fully saturated rings. The van der Waals surface area contributed by atoms with Crippen LogP contribution in [0.4, 0.5) is 13.2 Å². The summed E-state index contributed by atoms with van der Waals surface area (Å²) in [6, 6.07) is 9.60. The molecule has 3 aromatic rings. The van der Waals surface area contributed by atoms with Gasteiger partial charge in [-0.2, -0.15) is 23.5 Å². The number of carbonyl (C=O) groups is 1. The van der Waals surface area contributed by atoms with Crippen LogP contribution in [-0.4, -0.2) is 37.9 Å². The molecule has 0 unspecified atom stereocenters. The van der Waals surface area contributed by atoms with Crippen molar-refractivity contribution in [1.82, 2.24) is 19.7 Å². The van der Waals surface area contributed by atoms with E-state index in [-0.39, 0.29) is 30.0 Å². The van der Waals surface area contributed by atoms with Gasteiger partial charge in [-0.1, -0.05) is 0 Å². The van der Waals surface area contributed by atoms with Gasteiger partial charge >= 0.3 is 6.18 Å². The van der Waals surface area contributed by atoms with E-state index in [1.807, 2.05) is 24.4 Å². The van der Waals surface area contributed by atoms with Gasteiger partial charge in [0.15, 0.2) is 6.10 Å². The van der Waals surface area contributed by atoms with Gasteiger partial charge in [0, 0.05) is 36.1 Å². The Hall–Kier alpha value is -3.87. The van der Waals surface area contributed by atoms with Gasteiger partial charge in [-0.05, 0) is 50.1 Å². The van der Waals surface area contributed by atoms with E-state index >= 15 is 0 Å². The first kappa shape index (κ1) is 21.9. The Morgan fingerprint density at radius 1 is 1.24 bits per heavy atom. The number of aromatic nitrogens is 3. The Labute approximate surface area is 193 Å². The maximum atomic E-state index is 13.2. The average molecular weight is 467 g/mol. The van der Waals surface area contributed by atoms with Crippen molar-refractivity contribution < 1.29 is 22.7 Å². The molecule has 0 N–H and O–H groups in total. The molecule has 10 heteroatoms. The topological polar surface area (TPSA) is 84.0 Å². The van der Waals surface area contributed by atoms with Crippen molar-refractivity contribution in [3.05, 3.63) is 70.8 Å². The summed E-state index contributed by atoms with van der Waals surface area (Å²) in [7, 11) is 0. The number of benzene rings is 1. The SMILES string of the molecule is C[C@H](Oc1ccc(C#N)cc1C(=O)N1Cc2cn(-c3ccnc(C4CC4)c3)nc2C1)C(F)(F)F. The fourth-order valence-electron chi connectivity index (χ4n) is 3.91. The lowest BCUT2D eigenvalue weighted by Gasteiger charge is -2.22. The molecule has 0 bridgehead atoms. The van der Waals surface area contributed by atoms with Gasteiger partial charge in [-0.15, -0.1) is 0 Å². The number of nitriles is 1. The highest BCUT2D eigenvalue weighted by atomic mass is 19.4.